The van der Waals surface area contributed by atoms with Crippen LogP contribution in [0.1, 0.15) is 45.2 Å². The maximum atomic E-state index is 13.2. The van der Waals surface area contributed by atoms with Gasteiger partial charge in [0.15, 0.2) is 0 Å². The zero-order chi connectivity index (χ0) is 22.0. The third-order valence-electron chi connectivity index (χ3n) is 5.75. The number of nitrogens with two attached hydrogens (primary N) is 1. The number of nitrogens with zero attached hydrogens (tertiary/aromatic N) is 4. The Morgan fingerprint density at radius 2 is 1.90 bits per heavy atom. The maximum Gasteiger partial charge on any atom is 0.255 e. The molecule has 1 saturated heterocycles. The molecule has 0 bridgehead atoms. The summed E-state index contributed by atoms with van der Waals surface area (Å²) in [6.07, 6.45) is 6.53. The first-order valence-electron chi connectivity index (χ1n) is 10.3. The minimum atomic E-state index is -0.510. The fraction of sp³-hybridized carbons (Fsp3) is 0.304. The van der Waals surface area contributed by atoms with Gasteiger partial charge in [-0.1, -0.05) is 12.1 Å². The summed E-state index contributed by atoms with van der Waals surface area (Å²) < 4.78 is 0. The van der Waals surface area contributed by atoms with E-state index in [0.29, 0.717) is 29.9 Å². The van der Waals surface area contributed by atoms with Crippen LogP contribution < -0.4 is 10.6 Å². The van der Waals surface area contributed by atoms with Crippen molar-refractivity contribution < 1.29 is 9.59 Å². The number of nitrogens with one attached hydrogen (secondary N) is 1. The van der Waals surface area contributed by atoms with E-state index in [2.05, 4.69) is 15.2 Å². The first kappa shape index (κ1) is 20.6. The Bertz CT molecular complexity index is 1090. The molecule has 0 unspecified atom stereocenters. The lowest BCUT2D eigenvalue weighted by atomic mass is 9.92. The van der Waals surface area contributed by atoms with E-state index >= 15 is 0 Å². The minimum Gasteiger partial charge on any atom is -0.378 e. The van der Waals surface area contributed by atoms with Gasteiger partial charge in [-0.25, -0.2) is 0 Å². The zero-order valence-corrected chi connectivity index (χ0v) is 17.7. The topological polar surface area (TPSA) is 108 Å². The number of aromatic nitrogens is 3. The fourth-order valence-corrected chi connectivity index (χ4v) is 4.05. The van der Waals surface area contributed by atoms with Crippen LogP contribution in [0, 0.1) is 0 Å². The van der Waals surface area contributed by atoms with Crippen LogP contribution in [0.4, 0.5) is 5.69 Å². The number of H-pyrrole nitrogens is 1. The number of carbonyl (C=O) groups is 2. The number of hydrogen-bond donors (Lipinski definition) is 2. The highest BCUT2D eigenvalue weighted by atomic mass is 16.2. The van der Waals surface area contributed by atoms with Crippen molar-refractivity contribution in [1.29, 1.82) is 0 Å². The third-order valence-corrected chi connectivity index (χ3v) is 5.75. The van der Waals surface area contributed by atoms with Gasteiger partial charge in [-0.2, -0.15) is 5.10 Å². The second kappa shape index (κ2) is 8.59. The number of piperidine rings is 1. The number of primary amides is 1. The number of pyridine rings is 1. The molecule has 3 aromatic rings. The maximum absolute atomic E-state index is 13.2. The van der Waals surface area contributed by atoms with Crippen molar-refractivity contribution in [2.45, 2.75) is 18.8 Å². The number of amides is 2. The smallest absolute Gasteiger partial charge is 0.255 e. The van der Waals surface area contributed by atoms with E-state index in [0.717, 1.165) is 29.7 Å². The van der Waals surface area contributed by atoms with Gasteiger partial charge in [0, 0.05) is 56.7 Å². The molecule has 1 fully saturated rings. The molecular weight excluding hydrogens is 392 g/mol. The summed E-state index contributed by atoms with van der Waals surface area (Å²) in [4.78, 5) is 33.0. The molecule has 0 radical (unpaired) electrons. The Morgan fingerprint density at radius 3 is 2.61 bits per heavy atom. The fourth-order valence-electron chi connectivity index (χ4n) is 4.05. The van der Waals surface area contributed by atoms with Crippen molar-refractivity contribution >= 4 is 17.5 Å². The van der Waals surface area contributed by atoms with Crippen LogP contribution in [-0.4, -0.2) is 59.1 Å². The van der Waals surface area contributed by atoms with Gasteiger partial charge in [0.25, 0.3) is 11.8 Å². The molecule has 31 heavy (non-hydrogen) atoms. The Morgan fingerprint density at radius 1 is 1.13 bits per heavy atom. The SMILES string of the molecule is CN(C)c1ccc(-c2cncc(C(=O)N3CCC[C@H](c4[nH]ncc4C(N)=O)C3)c2)cc1. The molecule has 0 spiro atoms. The van der Waals surface area contributed by atoms with Gasteiger partial charge < -0.3 is 15.5 Å². The van der Waals surface area contributed by atoms with Crippen LogP contribution in [0.2, 0.25) is 0 Å². The van der Waals surface area contributed by atoms with Crippen molar-refractivity contribution in [2.75, 3.05) is 32.1 Å². The average Bonchev–Trinajstić information content (AvgIpc) is 3.29. The molecule has 1 aliphatic heterocycles. The highest BCUT2D eigenvalue weighted by Gasteiger charge is 2.29. The predicted octanol–water partition coefficient (Wildman–Crippen LogP) is 2.66. The van der Waals surface area contributed by atoms with Crippen LogP contribution in [0.5, 0.6) is 0 Å². The average molecular weight is 419 g/mol. The normalized spacial score (nSPS) is 16.2. The molecular formula is C23H26N6O2. The summed E-state index contributed by atoms with van der Waals surface area (Å²) in [5.74, 6) is -0.578. The van der Waals surface area contributed by atoms with E-state index in [9.17, 15) is 9.59 Å². The number of carbonyl (C=O) groups excluding carboxylic acids is 2. The molecule has 4 rings (SSSR count). The van der Waals surface area contributed by atoms with Gasteiger partial charge in [-0.3, -0.25) is 19.7 Å². The molecule has 2 amide bonds. The van der Waals surface area contributed by atoms with E-state index in [4.69, 9.17) is 5.73 Å². The summed E-state index contributed by atoms with van der Waals surface area (Å²) in [6.45, 7) is 1.17. The number of likely N-dealkylation sites (tertiary alicyclic amines) is 1. The van der Waals surface area contributed by atoms with Crippen LogP contribution in [0.15, 0.2) is 48.9 Å². The van der Waals surface area contributed by atoms with Crippen LogP contribution in [0.25, 0.3) is 11.1 Å². The quantitative estimate of drug-likeness (QED) is 0.662. The monoisotopic (exact) mass is 418 g/mol. The lowest BCUT2D eigenvalue weighted by molar-refractivity contribution is 0.0705. The van der Waals surface area contributed by atoms with Crippen molar-refractivity contribution in [3.8, 4) is 11.1 Å². The predicted molar refractivity (Wildman–Crippen MR) is 119 cm³/mol. The highest BCUT2D eigenvalue weighted by molar-refractivity contribution is 5.95. The Hall–Kier alpha value is -3.68. The van der Waals surface area contributed by atoms with E-state index in [-0.39, 0.29) is 11.8 Å². The molecule has 3 heterocycles. The Balaban J connectivity index is 1.53. The summed E-state index contributed by atoms with van der Waals surface area (Å²) >= 11 is 0. The molecule has 1 aromatic carbocycles. The third kappa shape index (κ3) is 4.28. The number of hydrogen-bond acceptors (Lipinski definition) is 5. The van der Waals surface area contributed by atoms with E-state index in [1.807, 2.05) is 54.2 Å². The van der Waals surface area contributed by atoms with Crippen molar-refractivity contribution in [3.63, 3.8) is 0 Å². The van der Waals surface area contributed by atoms with Crippen molar-refractivity contribution in [3.05, 3.63) is 65.7 Å². The molecule has 2 aromatic heterocycles. The van der Waals surface area contributed by atoms with Crippen LogP contribution >= 0.6 is 0 Å². The van der Waals surface area contributed by atoms with E-state index in [1.165, 1.54) is 6.20 Å². The highest BCUT2D eigenvalue weighted by Crippen LogP contribution is 2.29. The number of anilines is 1. The van der Waals surface area contributed by atoms with Gasteiger partial charge in [-0.15, -0.1) is 0 Å². The van der Waals surface area contributed by atoms with Crippen molar-refractivity contribution in [1.82, 2.24) is 20.1 Å². The molecule has 160 valence electrons. The Kier molecular flexibility index (Phi) is 5.70. The molecule has 1 aliphatic rings. The van der Waals surface area contributed by atoms with Gasteiger partial charge in [0.1, 0.15) is 0 Å². The van der Waals surface area contributed by atoms with Gasteiger partial charge >= 0.3 is 0 Å². The number of aromatic amines is 1. The van der Waals surface area contributed by atoms with Crippen molar-refractivity contribution in [2.24, 2.45) is 5.73 Å². The molecule has 3 N–H and O–H groups in total. The second-order valence-electron chi connectivity index (χ2n) is 8.06. The minimum absolute atomic E-state index is 0.00239. The lowest BCUT2D eigenvalue weighted by Crippen LogP contribution is -2.39. The van der Waals surface area contributed by atoms with Gasteiger partial charge in [0.05, 0.1) is 23.0 Å². The molecule has 8 nitrogen and oxygen atoms in total. The largest absolute Gasteiger partial charge is 0.378 e. The number of benzene rings is 1. The van der Waals surface area contributed by atoms with E-state index in [1.54, 1.807) is 12.4 Å². The molecule has 0 aliphatic carbocycles. The van der Waals surface area contributed by atoms with Crippen LogP contribution in [-0.2, 0) is 0 Å². The molecule has 0 saturated carbocycles. The standard InChI is InChI=1S/C23H26N6O2/c1-28(2)19-7-5-15(6-8-19)17-10-18(12-25-11-17)23(31)29-9-3-4-16(14-29)21-20(22(24)30)13-26-27-21/h5-8,10-13,16H,3-4,9,14H2,1-2H3,(H2,24,30)(H,26,27)/t16-/m0/s1. The summed E-state index contributed by atoms with van der Waals surface area (Å²) in [7, 11) is 3.99. The molecule has 1 atom stereocenters. The second-order valence-corrected chi connectivity index (χ2v) is 8.06. The Labute approximate surface area is 181 Å². The summed E-state index contributed by atoms with van der Waals surface area (Å²) in [5, 5.41) is 6.86. The summed E-state index contributed by atoms with van der Waals surface area (Å²) in [6, 6.07) is 10.0. The summed E-state index contributed by atoms with van der Waals surface area (Å²) in [5.41, 5.74) is 10.1. The zero-order valence-electron chi connectivity index (χ0n) is 17.7. The first-order valence-corrected chi connectivity index (χ1v) is 10.3. The van der Waals surface area contributed by atoms with E-state index < -0.39 is 5.91 Å². The molecule has 8 heteroatoms. The van der Waals surface area contributed by atoms with Gasteiger partial charge in [-0.05, 0) is 36.6 Å². The first-order chi connectivity index (χ1) is 14.9. The lowest BCUT2D eigenvalue weighted by Gasteiger charge is -2.32. The van der Waals surface area contributed by atoms with Crippen LogP contribution in [0.3, 0.4) is 0 Å². The van der Waals surface area contributed by atoms with Gasteiger partial charge in [0.2, 0.25) is 0 Å². The number of rotatable bonds is 5.